The van der Waals surface area contributed by atoms with Crippen LogP contribution in [0.2, 0.25) is 0 Å². The summed E-state index contributed by atoms with van der Waals surface area (Å²) in [6, 6.07) is 7.06. The zero-order valence-corrected chi connectivity index (χ0v) is 13.1. The molecule has 0 saturated carbocycles. The standard InChI is InChI=1S/C12H9BrINO3/c1-18-11-5-8(2-3-9(11)13)15-6-7(14)4-10(15)12(16)17/h2-6H,1H3,(H,16,17). The first kappa shape index (κ1) is 13.4. The van der Waals surface area contributed by atoms with E-state index in [0.29, 0.717) is 5.75 Å². The lowest BCUT2D eigenvalue weighted by atomic mass is 10.3. The van der Waals surface area contributed by atoms with Gasteiger partial charge in [-0.25, -0.2) is 4.79 Å². The van der Waals surface area contributed by atoms with Crippen LogP contribution in [-0.2, 0) is 0 Å². The summed E-state index contributed by atoms with van der Waals surface area (Å²) in [6.45, 7) is 0. The Hall–Kier alpha value is -1.02. The average molecular weight is 422 g/mol. The van der Waals surface area contributed by atoms with E-state index < -0.39 is 5.97 Å². The maximum atomic E-state index is 11.2. The van der Waals surface area contributed by atoms with Crippen molar-refractivity contribution in [2.24, 2.45) is 0 Å². The largest absolute Gasteiger partial charge is 0.495 e. The number of carboxylic acids is 1. The van der Waals surface area contributed by atoms with Gasteiger partial charge in [0.2, 0.25) is 0 Å². The lowest BCUT2D eigenvalue weighted by Crippen LogP contribution is -2.05. The highest BCUT2D eigenvalue weighted by atomic mass is 127. The number of benzene rings is 1. The van der Waals surface area contributed by atoms with Crippen LogP contribution in [0.25, 0.3) is 5.69 Å². The number of aromatic nitrogens is 1. The predicted octanol–water partition coefficient (Wildman–Crippen LogP) is 3.55. The molecule has 2 aromatic rings. The summed E-state index contributed by atoms with van der Waals surface area (Å²) in [5, 5.41) is 9.16. The van der Waals surface area contributed by atoms with Crippen LogP contribution in [-0.4, -0.2) is 22.8 Å². The first-order valence-corrected chi connectivity index (χ1v) is 6.85. The first-order chi connectivity index (χ1) is 8.52. The monoisotopic (exact) mass is 421 g/mol. The minimum atomic E-state index is -0.959. The van der Waals surface area contributed by atoms with Crippen molar-refractivity contribution < 1.29 is 14.6 Å². The van der Waals surface area contributed by atoms with E-state index in [2.05, 4.69) is 38.5 Å². The number of hydrogen-bond acceptors (Lipinski definition) is 2. The van der Waals surface area contributed by atoms with Crippen LogP contribution in [0.4, 0.5) is 0 Å². The number of ether oxygens (including phenoxy) is 1. The second-order valence-electron chi connectivity index (χ2n) is 3.54. The van der Waals surface area contributed by atoms with Crippen molar-refractivity contribution in [3.63, 3.8) is 0 Å². The fraction of sp³-hybridized carbons (Fsp3) is 0.0833. The highest BCUT2D eigenvalue weighted by molar-refractivity contribution is 14.1. The Bertz CT molecular complexity index is 609. The molecule has 0 spiro atoms. The summed E-state index contributed by atoms with van der Waals surface area (Å²) >= 11 is 5.45. The van der Waals surface area contributed by atoms with Gasteiger partial charge in [0.1, 0.15) is 11.4 Å². The van der Waals surface area contributed by atoms with E-state index in [0.717, 1.165) is 13.7 Å². The van der Waals surface area contributed by atoms with Crippen molar-refractivity contribution in [3.05, 3.63) is 44.2 Å². The molecule has 0 unspecified atom stereocenters. The van der Waals surface area contributed by atoms with Crippen molar-refractivity contribution in [2.75, 3.05) is 7.11 Å². The molecule has 0 aliphatic carbocycles. The van der Waals surface area contributed by atoms with Crippen LogP contribution >= 0.6 is 38.5 Å². The fourth-order valence-electron chi connectivity index (χ4n) is 1.61. The smallest absolute Gasteiger partial charge is 0.352 e. The molecule has 1 heterocycles. The van der Waals surface area contributed by atoms with E-state index in [4.69, 9.17) is 9.84 Å². The second kappa shape index (κ2) is 5.31. The highest BCUT2D eigenvalue weighted by Crippen LogP contribution is 2.28. The molecular formula is C12H9BrINO3. The average Bonchev–Trinajstić information content (AvgIpc) is 2.72. The van der Waals surface area contributed by atoms with Gasteiger partial charge in [-0.3, -0.25) is 0 Å². The number of hydrogen-bond donors (Lipinski definition) is 1. The predicted molar refractivity (Wildman–Crippen MR) is 79.7 cm³/mol. The van der Waals surface area contributed by atoms with E-state index in [-0.39, 0.29) is 5.69 Å². The Morgan fingerprint density at radius 2 is 2.17 bits per heavy atom. The third kappa shape index (κ3) is 2.54. The molecule has 1 aromatic heterocycles. The maximum Gasteiger partial charge on any atom is 0.352 e. The number of carboxylic acid groups (broad SMARTS) is 1. The number of halogens is 2. The number of rotatable bonds is 3. The van der Waals surface area contributed by atoms with Crippen LogP contribution in [0.3, 0.4) is 0 Å². The highest BCUT2D eigenvalue weighted by Gasteiger charge is 2.14. The molecule has 94 valence electrons. The maximum absolute atomic E-state index is 11.2. The summed E-state index contributed by atoms with van der Waals surface area (Å²) < 4.78 is 8.52. The molecule has 0 fully saturated rings. The van der Waals surface area contributed by atoms with Crippen molar-refractivity contribution in [1.29, 1.82) is 0 Å². The molecule has 0 bridgehead atoms. The van der Waals surface area contributed by atoms with Gasteiger partial charge < -0.3 is 14.4 Å². The minimum Gasteiger partial charge on any atom is -0.495 e. The fourth-order valence-corrected chi connectivity index (χ4v) is 2.59. The lowest BCUT2D eigenvalue weighted by molar-refractivity contribution is 0.0688. The van der Waals surface area contributed by atoms with Gasteiger partial charge in [0, 0.05) is 21.5 Å². The van der Waals surface area contributed by atoms with E-state index in [1.807, 2.05) is 12.1 Å². The van der Waals surface area contributed by atoms with Gasteiger partial charge in [0.25, 0.3) is 0 Å². The Morgan fingerprint density at radius 3 is 2.78 bits per heavy atom. The molecule has 6 heteroatoms. The molecule has 1 N–H and O–H groups in total. The van der Waals surface area contributed by atoms with Crippen LogP contribution in [0, 0.1) is 3.57 Å². The first-order valence-electron chi connectivity index (χ1n) is 4.98. The van der Waals surface area contributed by atoms with Gasteiger partial charge in [-0.15, -0.1) is 0 Å². The third-order valence-electron chi connectivity index (χ3n) is 2.42. The zero-order chi connectivity index (χ0) is 13.3. The van der Waals surface area contributed by atoms with Crippen LogP contribution < -0.4 is 4.74 Å². The quantitative estimate of drug-likeness (QED) is 0.771. The zero-order valence-electron chi connectivity index (χ0n) is 9.35. The molecule has 0 atom stereocenters. The molecular weight excluding hydrogens is 413 g/mol. The summed E-state index contributed by atoms with van der Waals surface area (Å²) in [4.78, 5) is 11.2. The lowest BCUT2D eigenvalue weighted by Gasteiger charge is -2.09. The van der Waals surface area contributed by atoms with Crippen LogP contribution in [0.5, 0.6) is 5.75 Å². The topological polar surface area (TPSA) is 51.5 Å². The SMILES string of the molecule is COc1cc(-n2cc(I)cc2C(=O)O)ccc1Br. The van der Waals surface area contributed by atoms with Gasteiger partial charge in [-0.1, -0.05) is 0 Å². The van der Waals surface area contributed by atoms with Crippen LogP contribution in [0.15, 0.2) is 34.9 Å². The van der Waals surface area contributed by atoms with Gasteiger partial charge >= 0.3 is 5.97 Å². The normalized spacial score (nSPS) is 10.4. The number of methoxy groups -OCH3 is 1. The molecule has 1 aromatic carbocycles. The Kier molecular flexibility index (Phi) is 3.96. The van der Waals surface area contributed by atoms with E-state index >= 15 is 0 Å². The van der Waals surface area contributed by atoms with Gasteiger partial charge in [0.15, 0.2) is 0 Å². The van der Waals surface area contributed by atoms with Gasteiger partial charge in [-0.2, -0.15) is 0 Å². The van der Waals surface area contributed by atoms with Crippen molar-refractivity contribution in [2.45, 2.75) is 0 Å². The molecule has 0 aliphatic heterocycles. The number of nitrogens with zero attached hydrogens (tertiary/aromatic N) is 1. The third-order valence-corrected chi connectivity index (χ3v) is 3.66. The number of aromatic carboxylic acids is 1. The van der Waals surface area contributed by atoms with Crippen molar-refractivity contribution in [1.82, 2.24) is 4.57 Å². The van der Waals surface area contributed by atoms with E-state index in [1.54, 1.807) is 30.0 Å². The van der Waals surface area contributed by atoms with E-state index in [9.17, 15) is 4.79 Å². The summed E-state index contributed by atoms with van der Waals surface area (Å²) in [7, 11) is 1.57. The van der Waals surface area contributed by atoms with Gasteiger partial charge in [0.05, 0.1) is 11.6 Å². The molecule has 0 amide bonds. The van der Waals surface area contributed by atoms with E-state index in [1.165, 1.54) is 0 Å². The number of carbonyl (C=O) groups is 1. The molecule has 0 radical (unpaired) electrons. The Balaban J connectivity index is 2.58. The minimum absolute atomic E-state index is 0.226. The summed E-state index contributed by atoms with van der Waals surface area (Å²) in [5.41, 5.74) is 0.971. The summed E-state index contributed by atoms with van der Waals surface area (Å²) in [6.07, 6.45) is 1.77. The van der Waals surface area contributed by atoms with Crippen molar-refractivity contribution >= 4 is 44.5 Å². The van der Waals surface area contributed by atoms with Crippen LogP contribution in [0.1, 0.15) is 10.5 Å². The second-order valence-corrected chi connectivity index (χ2v) is 5.64. The summed E-state index contributed by atoms with van der Waals surface area (Å²) in [5.74, 6) is -0.299. The Labute approximate surface area is 126 Å². The van der Waals surface area contributed by atoms with Crippen molar-refractivity contribution in [3.8, 4) is 11.4 Å². The van der Waals surface area contributed by atoms with Gasteiger partial charge in [-0.05, 0) is 56.7 Å². The molecule has 0 saturated heterocycles. The Morgan fingerprint density at radius 1 is 1.44 bits per heavy atom. The molecule has 2 rings (SSSR count). The molecule has 4 nitrogen and oxygen atoms in total. The molecule has 0 aliphatic rings. The molecule has 18 heavy (non-hydrogen) atoms.